The number of halogens is 1. The van der Waals surface area contributed by atoms with E-state index in [1.54, 1.807) is 36.4 Å². The third kappa shape index (κ3) is 6.37. The van der Waals surface area contributed by atoms with E-state index in [0.717, 1.165) is 11.8 Å². The highest BCUT2D eigenvalue weighted by Gasteiger charge is 2.06. The molecule has 2 rings (SSSR count). The van der Waals surface area contributed by atoms with Gasteiger partial charge in [0.25, 0.3) is 0 Å². The topological polar surface area (TPSA) is 75.3 Å². The van der Waals surface area contributed by atoms with E-state index >= 15 is 0 Å². The van der Waals surface area contributed by atoms with Crippen LogP contribution in [0.3, 0.4) is 0 Å². The average Bonchev–Trinajstić information content (AvgIpc) is 2.48. The zero-order valence-electron chi connectivity index (χ0n) is 13.3. The Morgan fingerprint density at radius 3 is 2.46 bits per heavy atom. The van der Waals surface area contributed by atoms with Gasteiger partial charge in [0.15, 0.2) is 9.84 Å². The Morgan fingerprint density at radius 1 is 1.08 bits per heavy atom. The van der Waals surface area contributed by atoms with Crippen molar-refractivity contribution in [3.05, 3.63) is 65.5 Å². The minimum atomic E-state index is -3.13. The first kappa shape index (κ1) is 17.9. The summed E-state index contributed by atoms with van der Waals surface area (Å²) < 4.78 is 35.4. The number of amides is 2. The van der Waals surface area contributed by atoms with Crippen molar-refractivity contribution in [3.63, 3.8) is 0 Å². The van der Waals surface area contributed by atoms with E-state index in [0.29, 0.717) is 24.2 Å². The Balaban J connectivity index is 1.83. The molecule has 24 heavy (non-hydrogen) atoms. The Morgan fingerprint density at radius 2 is 1.79 bits per heavy atom. The Hall–Kier alpha value is -2.41. The van der Waals surface area contributed by atoms with Crippen molar-refractivity contribution >= 4 is 21.6 Å². The van der Waals surface area contributed by atoms with Crippen LogP contribution in [0.4, 0.5) is 14.9 Å². The fourth-order valence-electron chi connectivity index (χ4n) is 2.19. The van der Waals surface area contributed by atoms with Gasteiger partial charge >= 0.3 is 6.03 Å². The maximum absolute atomic E-state index is 12.8. The van der Waals surface area contributed by atoms with Crippen molar-refractivity contribution in [2.45, 2.75) is 12.2 Å². The van der Waals surface area contributed by atoms with Gasteiger partial charge in [-0.1, -0.05) is 24.3 Å². The van der Waals surface area contributed by atoms with Crippen LogP contribution in [0.5, 0.6) is 0 Å². The van der Waals surface area contributed by atoms with E-state index in [-0.39, 0.29) is 17.6 Å². The highest BCUT2D eigenvalue weighted by molar-refractivity contribution is 7.89. The quantitative estimate of drug-likeness (QED) is 0.841. The van der Waals surface area contributed by atoms with Crippen molar-refractivity contribution in [2.24, 2.45) is 0 Å². The van der Waals surface area contributed by atoms with Gasteiger partial charge in [0.2, 0.25) is 0 Å². The van der Waals surface area contributed by atoms with Crippen LogP contribution >= 0.6 is 0 Å². The Labute approximate surface area is 140 Å². The number of rotatable bonds is 6. The molecule has 2 aromatic carbocycles. The second-order valence-corrected chi connectivity index (χ2v) is 7.67. The Kier molecular flexibility index (Phi) is 5.92. The molecule has 0 bridgehead atoms. The lowest BCUT2D eigenvalue weighted by molar-refractivity contribution is 0.252. The zero-order valence-corrected chi connectivity index (χ0v) is 14.1. The molecule has 2 aromatic rings. The molecule has 0 aliphatic carbocycles. The van der Waals surface area contributed by atoms with Gasteiger partial charge in [-0.25, -0.2) is 17.6 Å². The van der Waals surface area contributed by atoms with Gasteiger partial charge in [0.05, 0.1) is 5.75 Å². The molecule has 0 heterocycles. The van der Waals surface area contributed by atoms with Gasteiger partial charge in [-0.05, 0) is 41.8 Å². The molecule has 5 nitrogen and oxygen atoms in total. The van der Waals surface area contributed by atoms with Crippen LogP contribution in [0.2, 0.25) is 0 Å². The molecule has 0 aliphatic rings. The molecule has 0 fully saturated rings. The molecule has 7 heteroatoms. The first-order chi connectivity index (χ1) is 11.3. The van der Waals surface area contributed by atoms with E-state index < -0.39 is 9.84 Å². The van der Waals surface area contributed by atoms with E-state index in [4.69, 9.17) is 0 Å². The van der Waals surface area contributed by atoms with E-state index in [9.17, 15) is 17.6 Å². The number of anilines is 1. The minimum absolute atomic E-state index is 0.0747. The first-order valence-corrected chi connectivity index (χ1v) is 9.44. The summed E-state index contributed by atoms with van der Waals surface area (Å²) in [6.45, 7) is 0.403. The number of carbonyl (C=O) groups is 1. The van der Waals surface area contributed by atoms with Crippen molar-refractivity contribution in [1.82, 2.24) is 5.32 Å². The van der Waals surface area contributed by atoms with Crippen molar-refractivity contribution in [2.75, 3.05) is 18.1 Å². The number of carbonyl (C=O) groups excluding carboxylic acids is 1. The summed E-state index contributed by atoms with van der Waals surface area (Å²) >= 11 is 0. The minimum Gasteiger partial charge on any atom is -0.338 e. The standard InChI is InChI=1S/C17H19FN2O3S/c1-24(22,23)12-14-3-2-4-16(11-14)20-17(21)19-10-9-13-5-7-15(18)8-6-13/h2-8,11H,9-10,12H2,1H3,(H2,19,20,21). The molecule has 2 amide bonds. The SMILES string of the molecule is CS(=O)(=O)Cc1cccc(NC(=O)NCCc2ccc(F)cc2)c1. The summed E-state index contributed by atoms with van der Waals surface area (Å²) in [7, 11) is -3.13. The van der Waals surface area contributed by atoms with Gasteiger partial charge in [0.1, 0.15) is 5.82 Å². The average molecular weight is 350 g/mol. The van der Waals surface area contributed by atoms with Crippen LogP contribution in [0.25, 0.3) is 0 Å². The van der Waals surface area contributed by atoms with Gasteiger partial charge in [0, 0.05) is 18.5 Å². The third-order valence-corrected chi connectivity index (χ3v) is 4.08. The molecular formula is C17H19FN2O3S. The molecule has 0 radical (unpaired) electrons. The zero-order chi connectivity index (χ0) is 17.6. The maximum atomic E-state index is 12.8. The van der Waals surface area contributed by atoms with E-state index in [2.05, 4.69) is 10.6 Å². The van der Waals surface area contributed by atoms with Crippen LogP contribution in [0.1, 0.15) is 11.1 Å². The van der Waals surface area contributed by atoms with Crippen molar-refractivity contribution in [3.8, 4) is 0 Å². The largest absolute Gasteiger partial charge is 0.338 e. The molecule has 128 valence electrons. The van der Waals surface area contributed by atoms with Crippen LogP contribution in [0, 0.1) is 5.82 Å². The number of nitrogens with one attached hydrogen (secondary N) is 2. The third-order valence-electron chi connectivity index (χ3n) is 3.23. The highest BCUT2D eigenvalue weighted by Crippen LogP contribution is 2.13. The van der Waals surface area contributed by atoms with Gasteiger partial charge in [-0.2, -0.15) is 0 Å². The van der Waals surface area contributed by atoms with E-state index in [1.807, 2.05) is 0 Å². The fraction of sp³-hybridized carbons (Fsp3) is 0.235. The lowest BCUT2D eigenvalue weighted by Gasteiger charge is -2.09. The van der Waals surface area contributed by atoms with Crippen LogP contribution < -0.4 is 10.6 Å². The van der Waals surface area contributed by atoms with Crippen LogP contribution in [-0.2, 0) is 22.0 Å². The number of sulfone groups is 1. The molecule has 0 saturated heterocycles. The smallest absolute Gasteiger partial charge is 0.319 e. The molecule has 0 aliphatic heterocycles. The number of hydrogen-bond acceptors (Lipinski definition) is 3. The van der Waals surface area contributed by atoms with Crippen molar-refractivity contribution < 1.29 is 17.6 Å². The molecule has 0 unspecified atom stereocenters. The summed E-state index contributed by atoms with van der Waals surface area (Å²) in [5, 5.41) is 5.36. The first-order valence-electron chi connectivity index (χ1n) is 7.38. The number of hydrogen-bond donors (Lipinski definition) is 2. The van der Waals surface area contributed by atoms with Crippen LogP contribution in [0.15, 0.2) is 48.5 Å². The second kappa shape index (κ2) is 7.92. The monoisotopic (exact) mass is 350 g/mol. The fourth-order valence-corrected chi connectivity index (χ4v) is 2.97. The molecule has 0 aromatic heterocycles. The van der Waals surface area contributed by atoms with Crippen LogP contribution in [-0.4, -0.2) is 27.2 Å². The lowest BCUT2D eigenvalue weighted by Crippen LogP contribution is -2.30. The molecule has 0 saturated carbocycles. The van der Waals surface area contributed by atoms with Crippen molar-refractivity contribution in [1.29, 1.82) is 0 Å². The summed E-state index contributed by atoms with van der Waals surface area (Å²) in [5.74, 6) is -0.368. The summed E-state index contributed by atoms with van der Waals surface area (Å²) in [4.78, 5) is 11.9. The molecular weight excluding hydrogens is 331 g/mol. The maximum Gasteiger partial charge on any atom is 0.319 e. The highest BCUT2D eigenvalue weighted by atomic mass is 32.2. The van der Waals surface area contributed by atoms with Gasteiger partial charge in [-0.3, -0.25) is 0 Å². The predicted octanol–water partition coefficient (Wildman–Crippen LogP) is 2.73. The lowest BCUT2D eigenvalue weighted by atomic mass is 10.1. The number of benzene rings is 2. The summed E-state index contributed by atoms with van der Waals surface area (Å²) in [5.41, 5.74) is 2.06. The normalized spacial score (nSPS) is 11.1. The second-order valence-electron chi connectivity index (χ2n) is 5.53. The molecule has 0 atom stereocenters. The van der Waals surface area contributed by atoms with Gasteiger partial charge in [-0.15, -0.1) is 0 Å². The summed E-state index contributed by atoms with van der Waals surface area (Å²) in [6.07, 6.45) is 1.75. The molecule has 0 spiro atoms. The number of urea groups is 1. The predicted molar refractivity (Wildman–Crippen MR) is 92.1 cm³/mol. The van der Waals surface area contributed by atoms with E-state index in [1.165, 1.54) is 12.1 Å². The summed E-state index contributed by atoms with van der Waals surface area (Å²) in [6, 6.07) is 12.4. The molecule has 2 N–H and O–H groups in total. The van der Waals surface area contributed by atoms with Gasteiger partial charge < -0.3 is 10.6 Å². The Bertz CT molecular complexity index is 805.